The van der Waals surface area contributed by atoms with Gasteiger partial charge in [-0.25, -0.2) is 0 Å². The summed E-state index contributed by atoms with van der Waals surface area (Å²) in [5, 5.41) is 11.5. The normalized spacial score (nSPS) is 11.5. The van der Waals surface area contributed by atoms with Gasteiger partial charge >= 0.3 is 0 Å². The lowest BCUT2D eigenvalue weighted by molar-refractivity contribution is 0.305. The van der Waals surface area contributed by atoms with Crippen molar-refractivity contribution in [1.82, 2.24) is 0 Å². The predicted molar refractivity (Wildman–Crippen MR) is 68.6 cm³/mol. The van der Waals surface area contributed by atoms with Crippen molar-refractivity contribution < 1.29 is 9.94 Å². The van der Waals surface area contributed by atoms with Crippen LogP contribution in [0.2, 0.25) is 0 Å². The molecule has 4 heteroatoms. The molecular formula is C13H20N2O2. The number of nitrogens with zero attached hydrogens (tertiary/aromatic N) is 1. The first-order valence-electron chi connectivity index (χ1n) is 5.98. The molecule has 3 N–H and O–H groups in total. The summed E-state index contributed by atoms with van der Waals surface area (Å²) in [7, 11) is 0. The van der Waals surface area contributed by atoms with Crippen molar-refractivity contribution in [2.75, 3.05) is 6.61 Å². The Morgan fingerprint density at radius 2 is 1.94 bits per heavy atom. The van der Waals surface area contributed by atoms with Gasteiger partial charge in [0.15, 0.2) is 5.84 Å². The molecule has 0 atom stereocenters. The molecule has 94 valence electrons. The van der Waals surface area contributed by atoms with E-state index in [1.807, 2.05) is 12.1 Å². The van der Waals surface area contributed by atoms with Gasteiger partial charge in [0.1, 0.15) is 5.75 Å². The van der Waals surface area contributed by atoms with Crippen molar-refractivity contribution in [3.8, 4) is 5.75 Å². The molecule has 0 fully saturated rings. The minimum Gasteiger partial charge on any atom is -0.494 e. The Hall–Kier alpha value is -1.71. The van der Waals surface area contributed by atoms with E-state index in [1.54, 1.807) is 12.1 Å². The molecule has 0 aliphatic rings. The number of amidine groups is 1. The quantitative estimate of drug-likeness (QED) is 0.251. The van der Waals surface area contributed by atoms with E-state index in [0.29, 0.717) is 5.56 Å². The Morgan fingerprint density at radius 3 is 2.53 bits per heavy atom. The van der Waals surface area contributed by atoms with Crippen LogP contribution in [0.5, 0.6) is 5.75 Å². The molecule has 1 aromatic rings. The van der Waals surface area contributed by atoms with Crippen LogP contribution < -0.4 is 10.5 Å². The first-order valence-corrected chi connectivity index (χ1v) is 5.98. The fourth-order valence-electron chi connectivity index (χ4n) is 1.50. The van der Waals surface area contributed by atoms with E-state index in [1.165, 1.54) is 19.3 Å². The maximum absolute atomic E-state index is 8.51. The summed E-state index contributed by atoms with van der Waals surface area (Å²) < 4.78 is 5.58. The maximum Gasteiger partial charge on any atom is 0.170 e. The lowest BCUT2D eigenvalue weighted by Gasteiger charge is -2.06. The molecule has 0 saturated heterocycles. The predicted octanol–water partition coefficient (Wildman–Crippen LogP) is 2.74. The SMILES string of the molecule is CCCCCCOc1ccc(/C(N)=N\O)cc1. The lowest BCUT2D eigenvalue weighted by atomic mass is 10.2. The zero-order valence-corrected chi connectivity index (χ0v) is 10.2. The molecule has 1 rings (SSSR count). The van der Waals surface area contributed by atoms with Crippen LogP contribution in [0.3, 0.4) is 0 Å². The molecule has 0 saturated carbocycles. The summed E-state index contributed by atoms with van der Waals surface area (Å²) in [4.78, 5) is 0. The Balaban J connectivity index is 2.35. The zero-order valence-electron chi connectivity index (χ0n) is 10.2. The summed E-state index contributed by atoms with van der Waals surface area (Å²) in [5.74, 6) is 0.926. The molecule has 4 nitrogen and oxygen atoms in total. The summed E-state index contributed by atoms with van der Waals surface area (Å²) in [6, 6.07) is 7.20. The van der Waals surface area contributed by atoms with E-state index >= 15 is 0 Å². The van der Waals surface area contributed by atoms with Crippen molar-refractivity contribution in [3.05, 3.63) is 29.8 Å². The zero-order chi connectivity index (χ0) is 12.5. The van der Waals surface area contributed by atoms with Crippen LogP contribution in [-0.4, -0.2) is 17.6 Å². The van der Waals surface area contributed by atoms with Gasteiger partial charge in [0, 0.05) is 5.56 Å². The number of rotatable bonds is 7. The van der Waals surface area contributed by atoms with Gasteiger partial charge in [-0.3, -0.25) is 0 Å². The monoisotopic (exact) mass is 236 g/mol. The average molecular weight is 236 g/mol. The van der Waals surface area contributed by atoms with Gasteiger partial charge in [-0.2, -0.15) is 0 Å². The number of oxime groups is 1. The largest absolute Gasteiger partial charge is 0.494 e. The van der Waals surface area contributed by atoms with Gasteiger partial charge in [-0.15, -0.1) is 0 Å². The molecule has 0 aromatic heterocycles. The Labute approximate surface area is 102 Å². The number of benzene rings is 1. The lowest BCUT2D eigenvalue weighted by Crippen LogP contribution is -2.12. The number of nitrogens with two attached hydrogens (primary N) is 1. The third-order valence-corrected chi connectivity index (χ3v) is 2.52. The number of hydrogen-bond acceptors (Lipinski definition) is 3. The summed E-state index contributed by atoms with van der Waals surface area (Å²) in [6.45, 7) is 2.93. The fourth-order valence-corrected chi connectivity index (χ4v) is 1.50. The third-order valence-electron chi connectivity index (χ3n) is 2.52. The number of unbranched alkanes of at least 4 members (excludes halogenated alkanes) is 3. The Bertz CT molecular complexity index is 347. The van der Waals surface area contributed by atoms with Crippen molar-refractivity contribution in [3.63, 3.8) is 0 Å². The molecular weight excluding hydrogens is 216 g/mol. The molecule has 17 heavy (non-hydrogen) atoms. The van der Waals surface area contributed by atoms with Crippen LogP contribution in [0, 0.1) is 0 Å². The van der Waals surface area contributed by atoms with Gasteiger partial charge in [0.05, 0.1) is 6.61 Å². The molecule has 0 unspecified atom stereocenters. The second-order valence-electron chi connectivity index (χ2n) is 3.92. The van der Waals surface area contributed by atoms with E-state index in [4.69, 9.17) is 15.7 Å². The minimum absolute atomic E-state index is 0.111. The van der Waals surface area contributed by atoms with Crippen LogP contribution in [0.15, 0.2) is 29.4 Å². The molecule has 0 heterocycles. The Morgan fingerprint density at radius 1 is 1.24 bits per heavy atom. The second-order valence-corrected chi connectivity index (χ2v) is 3.92. The standard InChI is InChI=1S/C13H20N2O2/c1-2-3-4-5-10-17-12-8-6-11(7-9-12)13(14)15-16/h6-9,16H,2-5,10H2,1H3,(H2,14,15). The topological polar surface area (TPSA) is 67.8 Å². The summed E-state index contributed by atoms with van der Waals surface area (Å²) in [6.07, 6.45) is 4.77. The maximum atomic E-state index is 8.51. The van der Waals surface area contributed by atoms with E-state index < -0.39 is 0 Å². The average Bonchev–Trinajstić information content (AvgIpc) is 2.38. The molecule has 1 aromatic carbocycles. The first-order chi connectivity index (χ1) is 8.27. The van der Waals surface area contributed by atoms with E-state index in [-0.39, 0.29) is 5.84 Å². The number of hydrogen-bond donors (Lipinski definition) is 2. The highest BCUT2D eigenvalue weighted by Gasteiger charge is 1.99. The van der Waals surface area contributed by atoms with Crippen molar-refractivity contribution in [2.24, 2.45) is 10.9 Å². The van der Waals surface area contributed by atoms with Gasteiger partial charge < -0.3 is 15.7 Å². The third kappa shape index (κ3) is 4.76. The van der Waals surface area contributed by atoms with Gasteiger partial charge in [-0.05, 0) is 30.7 Å². The van der Waals surface area contributed by atoms with Crippen LogP contribution in [0.4, 0.5) is 0 Å². The highest BCUT2D eigenvalue weighted by molar-refractivity contribution is 5.97. The molecule has 0 spiro atoms. The highest BCUT2D eigenvalue weighted by Crippen LogP contribution is 2.12. The molecule has 0 aliphatic carbocycles. The number of ether oxygens (including phenoxy) is 1. The smallest absolute Gasteiger partial charge is 0.170 e. The second kappa shape index (κ2) is 7.54. The highest BCUT2D eigenvalue weighted by atomic mass is 16.5. The van der Waals surface area contributed by atoms with E-state index in [0.717, 1.165) is 18.8 Å². The van der Waals surface area contributed by atoms with E-state index in [2.05, 4.69) is 12.1 Å². The van der Waals surface area contributed by atoms with Crippen LogP contribution in [0.1, 0.15) is 38.2 Å². The van der Waals surface area contributed by atoms with Crippen molar-refractivity contribution in [2.45, 2.75) is 32.6 Å². The summed E-state index contributed by atoms with van der Waals surface area (Å²) >= 11 is 0. The van der Waals surface area contributed by atoms with Crippen LogP contribution in [0.25, 0.3) is 0 Å². The Kier molecular flexibility index (Phi) is 5.93. The molecule has 0 bridgehead atoms. The fraction of sp³-hybridized carbons (Fsp3) is 0.462. The molecule has 0 radical (unpaired) electrons. The van der Waals surface area contributed by atoms with Crippen molar-refractivity contribution in [1.29, 1.82) is 0 Å². The van der Waals surface area contributed by atoms with E-state index in [9.17, 15) is 0 Å². The minimum atomic E-state index is 0.111. The first kappa shape index (κ1) is 13.4. The van der Waals surface area contributed by atoms with Gasteiger partial charge in [-0.1, -0.05) is 31.3 Å². The van der Waals surface area contributed by atoms with Gasteiger partial charge in [0.2, 0.25) is 0 Å². The van der Waals surface area contributed by atoms with Gasteiger partial charge in [0.25, 0.3) is 0 Å². The van der Waals surface area contributed by atoms with Crippen LogP contribution in [-0.2, 0) is 0 Å². The molecule has 0 amide bonds. The van der Waals surface area contributed by atoms with Crippen LogP contribution >= 0.6 is 0 Å². The summed E-state index contributed by atoms with van der Waals surface area (Å²) in [5.41, 5.74) is 6.14. The van der Waals surface area contributed by atoms with Crippen molar-refractivity contribution >= 4 is 5.84 Å². The molecule has 0 aliphatic heterocycles.